The van der Waals surface area contributed by atoms with Crippen molar-refractivity contribution < 1.29 is 9.90 Å². The summed E-state index contributed by atoms with van der Waals surface area (Å²) in [5.74, 6) is -1.10. The highest BCUT2D eigenvalue weighted by atomic mass is 16.4. The van der Waals surface area contributed by atoms with Crippen LogP contribution in [0.15, 0.2) is 71.9 Å². The van der Waals surface area contributed by atoms with Gasteiger partial charge in [0.15, 0.2) is 0 Å². The van der Waals surface area contributed by atoms with Gasteiger partial charge in [-0.05, 0) is 51.0 Å². The van der Waals surface area contributed by atoms with Crippen LogP contribution in [0.3, 0.4) is 0 Å². The average molecular weight is 298 g/mol. The number of aliphatic carboxylic acids is 1. The van der Waals surface area contributed by atoms with E-state index in [1.807, 2.05) is 12.1 Å². The Labute approximate surface area is 134 Å². The van der Waals surface area contributed by atoms with E-state index in [1.165, 1.54) is 27.8 Å². The predicted octanol–water partition coefficient (Wildman–Crippen LogP) is 4.39. The molecule has 4 aliphatic carbocycles. The van der Waals surface area contributed by atoms with E-state index in [4.69, 9.17) is 0 Å². The molecule has 0 spiro atoms. The summed E-state index contributed by atoms with van der Waals surface area (Å²) in [7, 11) is 0. The Morgan fingerprint density at radius 3 is 2.78 bits per heavy atom. The predicted molar refractivity (Wildman–Crippen MR) is 91.4 cm³/mol. The second-order valence-corrected chi connectivity index (χ2v) is 6.25. The van der Waals surface area contributed by atoms with Crippen molar-refractivity contribution in [2.24, 2.45) is 5.92 Å². The third kappa shape index (κ3) is 1.66. The van der Waals surface area contributed by atoms with Gasteiger partial charge in [-0.25, -0.2) is 0 Å². The number of fused-ring (bicyclic) bond motifs is 3. The number of carboxylic acids is 1. The van der Waals surface area contributed by atoms with Crippen LogP contribution in [0.4, 0.5) is 0 Å². The Kier molecular flexibility index (Phi) is 2.38. The summed E-state index contributed by atoms with van der Waals surface area (Å²) in [6.45, 7) is 0. The van der Waals surface area contributed by atoms with Crippen LogP contribution < -0.4 is 0 Å². The summed E-state index contributed by atoms with van der Waals surface area (Å²) in [6, 6.07) is 6.26. The number of hydrogen-bond acceptors (Lipinski definition) is 1. The molecule has 1 aromatic rings. The van der Waals surface area contributed by atoms with Gasteiger partial charge in [0, 0.05) is 0 Å². The molecule has 1 atom stereocenters. The minimum atomic E-state index is -0.722. The van der Waals surface area contributed by atoms with Gasteiger partial charge in [0.05, 0.1) is 0 Å². The molecule has 2 heteroatoms. The molecule has 1 unspecified atom stereocenters. The normalized spacial score (nSPS) is 22.8. The van der Waals surface area contributed by atoms with Crippen LogP contribution in [0.1, 0.15) is 23.1 Å². The first-order valence-electron chi connectivity index (χ1n) is 7.82. The number of carboxylic acid groups (broad SMARTS) is 1. The number of hydrogen-bond donors (Lipinski definition) is 1. The summed E-state index contributed by atoms with van der Waals surface area (Å²) in [5.41, 5.74) is 9.28. The van der Waals surface area contributed by atoms with E-state index in [9.17, 15) is 9.90 Å². The van der Waals surface area contributed by atoms with Crippen LogP contribution in [0.25, 0.3) is 16.7 Å². The number of rotatable bonds is 1. The average Bonchev–Trinajstić information content (AvgIpc) is 3.31. The summed E-state index contributed by atoms with van der Waals surface area (Å²) in [4.78, 5) is 11.5. The van der Waals surface area contributed by atoms with Gasteiger partial charge in [0.1, 0.15) is 5.92 Å². The van der Waals surface area contributed by atoms with Crippen LogP contribution in [-0.2, 0) is 4.79 Å². The van der Waals surface area contributed by atoms with Crippen molar-refractivity contribution in [3.8, 4) is 0 Å². The topological polar surface area (TPSA) is 37.3 Å². The molecule has 110 valence electrons. The van der Waals surface area contributed by atoms with E-state index in [1.54, 1.807) is 0 Å². The standard InChI is InChI=1S/C21H14O2/c22-21(23)20-17-11-13-10-9-12-5-2-1-3-6-14(12)15-7-4-8-16(18(13)15)19(17)20/h1-10,20H,11H2,(H,22,23). The van der Waals surface area contributed by atoms with Gasteiger partial charge in [-0.3, -0.25) is 4.79 Å². The Balaban J connectivity index is 1.78. The molecule has 4 aliphatic rings. The Morgan fingerprint density at radius 1 is 1.04 bits per heavy atom. The molecule has 1 aromatic carbocycles. The van der Waals surface area contributed by atoms with E-state index in [-0.39, 0.29) is 5.92 Å². The molecule has 0 bridgehead atoms. The minimum Gasteiger partial charge on any atom is -0.481 e. The highest BCUT2D eigenvalue weighted by Crippen LogP contribution is 2.58. The van der Waals surface area contributed by atoms with Crippen molar-refractivity contribution in [2.45, 2.75) is 6.42 Å². The lowest BCUT2D eigenvalue weighted by atomic mass is 9.85. The first-order valence-corrected chi connectivity index (χ1v) is 7.82. The fourth-order valence-corrected chi connectivity index (χ4v) is 3.99. The summed E-state index contributed by atoms with van der Waals surface area (Å²) in [5, 5.41) is 9.43. The zero-order chi connectivity index (χ0) is 15.6. The molecular weight excluding hydrogens is 284 g/mol. The van der Waals surface area contributed by atoms with Crippen LogP contribution >= 0.6 is 0 Å². The fourth-order valence-electron chi connectivity index (χ4n) is 3.99. The summed E-state index contributed by atoms with van der Waals surface area (Å²) in [6.07, 6.45) is 15.5. The first-order chi connectivity index (χ1) is 11.3. The van der Waals surface area contributed by atoms with Gasteiger partial charge in [0.2, 0.25) is 0 Å². The lowest BCUT2D eigenvalue weighted by molar-refractivity contribution is -0.137. The summed E-state index contributed by atoms with van der Waals surface area (Å²) < 4.78 is 0. The molecule has 0 fully saturated rings. The fraction of sp³-hybridized carbons (Fsp3) is 0.0952. The molecule has 0 radical (unpaired) electrons. The van der Waals surface area contributed by atoms with Crippen molar-refractivity contribution in [3.63, 3.8) is 0 Å². The SMILES string of the molecule is O=C(O)C1C2=C1c1cccc3c1C(=CC=C1C=CC=CC=C13)C2. The van der Waals surface area contributed by atoms with Crippen LogP contribution in [-0.4, -0.2) is 11.1 Å². The van der Waals surface area contributed by atoms with E-state index in [2.05, 4.69) is 48.6 Å². The van der Waals surface area contributed by atoms with Gasteiger partial charge >= 0.3 is 5.97 Å². The monoisotopic (exact) mass is 298 g/mol. The Bertz CT molecular complexity index is 962. The molecule has 0 saturated heterocycles. The Hall–Kier alpha value is -2.87. The summed E-state index contributed by atoms with van der Waals surface area (Å²) >= 11 is 0. The van der Waals surface area contributed by atoms with Gasteiger partial charge in [0.25, 0.3) is 0 Å². The lowest BCUT2D eigenvalue weighted by Crippen LogP contribution is -2.01. The highest BCUT2D eigenvalue weighted by molar-refractivity contribution is 6.10. The van der Waals surface area contributed by atoms with Gasteiger partial charge in [-0.15, -0.1) is 0 Å². The molecule has 0 amide bonds. The Morgan fingerprint density at radius 2 is 1.91 bits per heavy atom. The maximum absolute atomic E-state index is 11.5. The number of allylic oxidation sites excluding steroid dienone is 10. The van der Waals surface area contributed by atoms with E-state index in [0.29, 0.717) is 0 Å². The van der Waals surface area contributed by atoms with Gasteiger partial charge in [-0.1, -0.05) is 60.7 Å². The quantitative estimate of drug-likeness (QED) is 0.835. The van der Waals surface area contributed by atoms with Crippen molar-refractivity contribution in [1.29, 1.82) is 0 Å². The lowest BCUT2D eigenvalue weighted by Gasteiger charge is -2.18. The van der Waals surface area contributed by atoms with Crippen LogP contribution in [0, 0.1) is 5.92 Å². The maximum Gasteiger partial charge on any atom is 0.315 e. The molecule has 0 saturated carbocycles. The van der Waals surface area contributed by atoms with Crippen molar-refractivity contribution in [3.05, 3.63) is 88.6 Å². The van der Waals surface area contributed by atoms with E-state index in [0.717, 1.165) is 23.1 Å². The van der Waals surface area contributed by atoms with E-state index < -0.39 is 5.97 Å². The van der Waals surface area contributed by atoms with Gasteiger partial charge < -0.3 is 5.11 Å². The first kappa shape index (κ1) is 12.7. The molecule has 0 aromatic heterocycles. The zero-order valence-corrected chi connectivity index (χ0v) is 12.4. The third-order valence-electron chi connectivity index (χ3n) is 5.03. The molecule has 0 heterocycles. The molecule has 1 N–H and O–H groups in total. The molecule has 0 aliphatic heterocycles. The molecule has 23 heavy (non-hydrogen) atoms. The second-order valence-electron chi connectivity index (χ2n) is 6.25. The van der Waals surface area contributed by atoms with E-state index >= 15 is 0 Å². The minimum absolute atomic E-state index is 0.374. The number of benzene rings is 1. The van der Waals surface area contributed by atoms with Crippen LogP contribution in [0.2, 0.25) is 0 Å². The van der Waals surface area contributed by atoms with Crippen molar-refractivity contribution in [1.82, 2.24) is 0 Å². The third-order valence-corrected chi connectivity index (χ3v) is 5.03. The second kappa shape index (κ2) is 4.32. The maximum atomic E-state index is 11.5. The number of carbonyl (C=O) groups is 1. The highest BCUT2D eigenvalue weighted by Gasteiger charge is 2.47. The zero-order valence-electron chi connectivity index (χ0n) is 12.4. The molecule has 5 rings (SSSR count). The molecular formula is C21H14O2. The van der Waals surface area contributed by atoms with Gasteiger partial charge in [-0.2, -0.15) is 0 Å². The van der Waals surface area contributed by atoms with Crippen molar-refractivity contribution >= 4 is 22.7 Å². The largest absolute Gasteiger partial charge is 0.481 e. The van der Waals surface area contributed by atoms with Crippen LogP contribution in [0.5, 0.6) is 0 Å². The van der Waals surface area contributed by atoms with Crippen molar-refractivity contribution in [2.75, 3.05) is 0 Å². The molecule has 2 nitrogen and oxygen atoms in total. The smallest absolute Gasteiger partial charge is 0.315 e.